The van der Waals surface area contributed by atoms with Crippen LogP contribution in [0, 0.1) is 5.82 Å². The molecule has 0 aliphatic heterocycles. The van der Waals surface area contributed by atoms with Crippen molar-refractivity contribution in [2.75, 3.05) is 5.32 Å². The molecule has 0 fully saturated rings. The first-order valence-corrected chi connectivity index (χ1v) is 8.30. The summed E-state index contributed by atoms with van der Waals surface area (Å²) in [5, 5.41) is 5.92. The van der Waals surface area contributed by atoms with Crippen LogP contribution in [-0.4, -0.2) is 16.0 Å². The average Bonchev–Trinajstić information content (AvgIpc) is 3.03. The number of anilines is 1. The predicted molar refractivity (Wildman–Crippen MR) is 85.7 cm³/mol. The number of carbonyl (C=O) groups is 1. The molecule has 0 atom stereocenters. The quantitative estimate of drug-likeness (QED) is 0.509. The number of alkyl halides is 3. The number of hydrogen-bond acceptors (Lipinski definition) is 4. The van der Waals surface area contributed by atoms with Crippen LogP contribution in [0.3, 0.4) is 0 Å². The molecule has 1 aromatic heterocycles. The van der Waals surface area contributed by atoms with E-state index in [1.54, 1.807) is 6.07 Å². The normalized spacial score (nSPS) is 11.5. The minimum atomic E-state index is -4.61. The summed E-state index contributed by atoms with van der Waals surface area (Å²) in [7, 11) is 0. The number of halogens is 4. The van der Waals surface area contributed by atoms with Gasteiger partial charge < -0.3 is 9.84 Å². The largest absolute Gasteiger partial charge is 0.471 e. The van der Waals surface area contributed by atoms with E-state index in [9.17, 15) is 22.4 Å². The minimum absolute atomic E-state index is 0.0480. The van der Waals surface area contributed by atoms with Crippen molar-refractivity contribution in [3.05, 3.63) is 41.8 Å². The van der Waals surface area contributed by atoms with E-state index in [4.69, 9.17) is 0 Å². The van der Waals surface area contributed by atoms with Crippen LogP contribution in [0.4, 0.5) is 23.2 Å². The molecule has 5 nitrogen and oxygen atoms in total. The molecule has 0 spiro atoms. The molecule has 1 heterocycles. The zero-order valence-electron chi connectivity index (χ0n) is 14.0. The zero-order chi connectivity index (χ0) is 19.0. The third kappa shape index (κ3) is 6.81. The molecule has 142 valence electrons. The van der Waals surface area contributed by atoms with Gasteiger partial charge in [-0.05, 0) is 31.0 Å². The topological polar surface area (TPSA) is 68.0 Å². The fourth-order valence-electron chi connectivity index (χ4n) is 2.36. The van der Waals surface area contributed by atoms with Gasteiger partial charge in [-0.1, -0.05) is 30.5 Å². The van der Waals surface area contributed by atoms with E-state index in [1.807, 2.05) is 0 Å². The van der Waals surface area contributed by atoms with Gasteiger partial charge in [-0.15, -0.1) is 0 Å². The van der Waals surface area contributed by atoms with Crippen LogP contribution < -0.4 is 5.32 Å². The Balaban J connectivity index is 1.54. The fourth-order valence-corrected chi connectivity index (χ4v) is 2.36. The third-order valence-electron chi connectivity index (χ3n) is 3.62. The molecule has 0 radical (unpaired) electrons. The number of unbranched alkanes of at least 4 members (excludes halogenated alkanes) is 4. The lowest BCUT2D eigenvalue weighted by atomic mass is 10.1. The maximum absolute atomic E-state index is 13.0. The Morgan fingerprint density at radius 3 is 2.54 bits per heavy atom. The number of hydrogen-bond donors (Lipinski definition) is 1. The summed E-state index contributed by atoms with van der Waals surface area (Å²) < 4.78 is 54.1. The van der Waals surface area contributed by atoms with Crippen LogP contribution in [0.1, 0.15) is 50.2 Å². The summed E-state index contributed by atoms with van der Waals surface area (Å²) >= 11 is 0. The Bertz CT molecular complexity index is 716. The van der Waals surface area contributed by atoms with Crippen LogP contribution in [0.2, 0.25) is 0 Å². The third-order valence-corrected chi connectivity index (χ3v) is 3.62. The highest BCUT2D eigenvalue weighted by atomic mass is 19.4. The second-order valence-electron chi connectivity index (χ2n) is 5.84. The summed E-state index contributed by atoms with van der Waals surface area (Å²) in [6, 6.07) is 5.68. The van der Waals surface area contributed by atoms with Crippen LogP contribution in [0.15, 0.2) is 28.8 Å². The van der Waals surface area contributed by atoms with Gasteiger partial charge in [0.15, 0.2) is 5.82 Å². The molecule has 26 heavy (non-hydrogen) atoms. The number of carbonyl (C=O) groups excluding carboxylic acids is 1. The lowest BCUT2D eigenvalue weighted by Crippen LogP contribution is -2.11. The smallest absolute Gasteiger partial charge is 0.329 e. The van der Waals surface area contributed by atoms with Crippen molar-refractivity contribution < 1.29 is 26.9 Å². The van der Waals surface area contributed by atoms with Crippen LogP contribution in [-0.2, 0) is 17.4 Å². The zero-order valence-corrected chi connectivity index (χ0v) is 14.0. The molecule has 9 heteroatoms. The SMILES string of the molecule is O=C(CCCCCCCc1noc(C(F)(F)F)n1)Nc1cccc(F)c1. The van der Waals surface area contributed by atoms with Crippen LogP contribution in [0.25, 0.3) is 0 Å². The van der Waals surface area contributed by atoms with Gasteiger partial charge in [0.1, 0.15) is 5.82 Å². The van der Waals surface area contributed by atoms with Gasteiger partial charge in [-0.25, -0.2) is 4.39 Å². The van der Waals surface area contributed by atoms with E-state index in [0.717, 1.165) is 19.3 Å². The number of aromatic nitrogens is 2. The Labute approximate surface area is 147 Å². The van der Waals surface area contributed by atoms with E-state index in [1.165, 1.54) is 18.2 Å². The molecule has 1 N–H and O–H groups in total. The second kappa shape index (κ2) is 9.30. The predicted octanol–water partition coefficient (Wildman–Crippen LogP) is 4.75. The minimum Gasteiger partial charge on any atom is -0.329 e. The Kier molecular flexibility index (Phi) is 7.11. The number of rotatable bonds is 9. The van der Waals surface area contributed by atoms with E-state index >= 15 is 0 Å². The molecule has 2 rings (SSSR count). The van der Waals surface area contributed by atoms with Gasteiger partial charge in [-0.2, -0.15) is 18.2 Å². The van der Waals surface area contributed by atoms with Crippen molar-refractivity contribution in [1.29, 1.82) is 0 Å². The molecule has 0 saturated carbocycles. The molecule has 0 saturated heterocycles. The van der Waals surface area contributed by atoms with Gasteiger partial charge in [0.25, 0.3) is 0 Å². The summed E-state index contributed by atoms with van der Waals surface area (Å²) in [5.41, 5.74) is 0.424. The molecule has 0 aliphatic carbocycles. The maximum Gasteiger partial charge on any atom is 0.471 e. The summed E-state index contributed by atoms with van der Waals surface area (Å²) in [6.45, 7) is 0. The number of benzene rings is 1. The Morgan fingerprint density at radius 2 is 1.85 bits per heavy atom. The number of nitrogens with one attached hydrogen (secondary N) is 1. The van der Waals surface area contributed by atoms with E-state index in [2.05, 4.69) is 20.0 Å². The second-order valence-corrected chi connectivity index (χ2v) is 5.84. The average molecular weight is 373 g/mol. The number of nitrogens with zero attached hydrogens (tertiary/aromatic N) is 2. The van der Waals surface area contributed by atoms with Crippen LogP contribution in [0.5, 0.6) is 0 Å². The van der Waals surface area contributed by atoms with Crippen molar-refractivity contribution in [1.82, 2.24) is 10.1 Å². The van der Waals surface area contributed by atoms with Crippen molar-refractivity contribution in [3.63, 3.8) is 0 Å². The highest BCUT2D eigenvalue weighted by Crippen LogP contribution is 2.27. The fraction of sp³-hybridized carbons (Fsp3) is 0.471. The standard InChI is InChI=1S/C17H19F4N3O2/c18-12-7-6-8-13(11-12)22-15(25)10-5-3-1-2-4-9-14-23-16(26-24-14)17(19,20)21/h6-8,11H,1-5,9-10H2,(H,22,25). The first kappa shape index (κ1) is 19.9. The summed E-state index contributed by atoms with van der Waals surface area (Å²) in [4.78, 5) is 15.0. The molecule has 0 unspecified atom stereocenters. The first-order chi connectivity index (χ1) is 12.3. The van der Waals surface area contributed by atoms with Gasteiger partial charge in [0.2, 0.25) is 5.91 Å². The maximum atomic E-state index is 13.0. The highest BCUT2D eigenvalue weighted by Gasteiger charge is 2.38. The molecular weight excluding hydrogens is 354 g/mol. The lowest BCUT2D eigenvalue weighted by Gasteiger charge is -2.05. The number of aryl methyl sites for hydroxylation is 1. The molecule has 1 amide bonds. The van der Waals surface area contributed by atoms with Crippen LogP contribution >= 0.6 is 0 Å². The van der Waals surface area contributed by atoms with E-state index in [-0.39, 0.29) is 11.7 Å². The molecular formula is C17H19F4N3O2. The van der Waals surface area contributed by atoms with Gasteiger partial charge in [-0.3, -0.25) is 4.79 Å². The first-order valence-electron chi connectivity index (χ1n) is 8.30. The Hall–Kier alpha value is -2.45. The van der Waals surface area contributed by atoms with Crippen molar-refractivity contribution in [2.24, 2.45) is 0 Å². The monoisotopic (exact) mass is 373 g/mol. The van der Waals surface area contributed by atoms with E-state index in [0.29, 0.717) is 31.4 Å². The highest BCUT2D eigenvalue weighted by molar-refractivity contribution is 5.90. The molecule has 0 aliphatic rings. The summed E-state index contributed by atoms with van der Waals surface area (Å²) in [5.74, 6) is -1.86. The van der Waals surface area contributed by atoms with Crippen molar-refractivity contribution in [2.45, 2.75) is 51.1 Å². The van der Waals surface area contributed by atoms with Gasteiger partial charge in [0, 0.05) is 18.5 Å². The number of amides is 1. The summed E-state index contributed by atoms with van der Waals surface area (Å²) in [6.07, 6.45) is -0.184. The van der Waals surface area contributed by atoms with Crippen molar-refractivity contribution in [3.8, 4) is 0 Å². The van der Waals surface area contributed by atoms with Crippen molar-refractivity contribution >= 4 is 11.6 Å². The molecule has 2 aromatic rings. The van der Waals surface area contributed by atoms with E-state index < -0.39 is 17.9 Å². The van der Waals surface area contributed by atoms with Gasteiger partial charge in [0.05, 0.1) is 0 Å². The van der Waals surface area contributed by atoms with Gasteiger partial charge >= 0.3 is 12.1 Å². The Morgan fingerprint density at radius 1 is 1.12 bits per heavy atom. The molecule has 1 aromatic carbocycles. The lowest BCUT2D eigenvalue weighted by molar-refractivity contribution is -0.159. The molecule has 0 bridgehead atoms.